The van der Waals surface area contributed by atoms with E-state index in [0.29, 0.717) is 0 Å². The number of benzene rings is 3. The number of imidazole rings is 1. The van der Waals surface area contributed by atoms with Crippen LogP contribution in [-0.4, -0.2) is 9.38 Å². The molecule has 114 valence electrons. The first kappa shape index (κ1) is 13.3. The van der Waals surface area contributed by atoms with Crippen LogP contribution in [0, 0.1) is 6.92 Å². The van der Waals surface area contributed by atoms with Gasteiger partial charge in [-0.15, -0.1) is 0 Å². The molecule has 0 unspecified atom stereocenters. The zero-order chi connectivity index (χ0) is 16.1. The number of hydrogen-bond acceptors (Lipinski definition) is 1. The predicted molar refractivity (Wildman–Crippen MR) is 100 cm³/mol. The highest BCUT2D eigenvalue weighted by Crippen LogP contribution is 2.32. The molecule has 2 heteroatoms. The fraction of sp³-hybridized carbons (Fsp3) is 0.0455. The van der Waals surface area contributed by atoms with Gasteiger partial charge in [0.15, 0.2) is 0 Å². The molecule has 2 nitrogen and oxygen atoms in total. The second kappa shape index (κ2) is 4.93. The lowest BCUT2D eigenvalue weighted by atomic mass is 10.0. The Morgan fingerprint density at radius 2 is 1.50 bits per heavy atom. The van der Waals surface area contributed by atoms with E-state index in [1.807, 2.05) is 6.07 Å². The lowest BCUT2D eigenvalue weighted by Crippen LogP contribution is -1.91. The Kier molecular flexibility index (Phi) is 2.74. The van der Waals surface area contributed by atoms with Gasteiger partial charge in [-0.05, 0) is 23.9 Å². The lowest BCUT2D eigenvalue weighted by molar-refractivity contribution is 1.27. The Morgan fingerprint density at radius 1 is 0.750 bits per heavy atom. The van der Waals surface area contributed by atoms with Crippen molar-refractivity contribution in [3.63, 3.8) is 0 Å². The minimum Gasteiger partial charge on any atom is -0.298 e. The Balaban J connectivity index is 2.01. The van der Waals surface area contributed by atoms with E-state index in [2.05, 4.69) is 84.3 Å². The van der Waals surface area contributed by atoms with Crippen LogP contribution in [0.15, 0.2) is 79.0 Å². The number of hydrogen-bond donors (Lipinski definition) is 0. The first-order valence-electron chi connectivity index (χ1n) is 8.17. The molecule has 0 aliphatic carbocycles. The molecule has 5 rings (SSSR count). The Labute approximate surface area is 140 Å². The molecule has 0 amide bonds. The standard InChI is InChI=1S/C22H16N2/c1-15-8-7-13-20-21(15)17-11-5-6-12-18(17)22-23-19(14-24(20)22)16-9-3-2-4-10-16/h2-14H,1H3. The lowest BCUT2D eigenvalue weighted by Gasteiger charge is -2.09. The average molecular weight is 308 g/mol. The van der Waals surface area contributed by atoms with E-state index in [-0.39, 0.29) is 0 Å². The van der Waals surface area contributed by atoms with Crippen LogP contribution in [0.5, 0.6) is 0 Å². The van der Waals surface area contributed by atoms with Crippen molar-refractivity contribution in [1.29, 1.82) is 0 Å². The van der Waals surface area contributed by atoms with Crippen molar-refractivity contribution in [2.45, 2.75) is 6.92 Å². The number of rotatable bonds is 1. The summed E-state index contributed by atoms with van der Waals surface area (Å²) >= 11 is 0. The van der Waals surface area contributed by atoms with Gasteiger partial charge in [-0.25, -0.2) is 4.98 Å². The van der Waals surface area contributed by atoms with E-state index in [4.69, 9.17) is 4.98 Å². The van der Waals surface area contributed by atoms with E-state index in [1.165, 1.54) is 27.2 Å². The van der Waals surface area contributed by atoms with Crippen LogP contribution < -0.4 is 0 Å². The van der Waals surface area contributed by atoms with Crippen molar-refractivity contribution in [3.05, 3.63) is 84.6 Å². The number of aromatic nitrogens is 2. The Bertz CT molecular complexity index is 1200. The van der Waals surface area contributed by atoms with Crippen LogP contribution in [-0.2, 0) is 0 Å². The number of fused-ring (bicyclic) bond motifs is 6. The maximum absolute atomic E-state index is 4.95. The smallest absolute Gasteiger partial charge is 0.145 e. The molecule has 0 saturated carbocycles. The van der Waals surface area contributed by atoms with E-state index in [0.717, 1.165) is 16.9 Å². The SMILES string of the molecule is Cc1cccc2c1c1ccccc1c1nc(-c3ccccc3)cn21. The molecule has 3 aromatic carbocycles. The molecule has 2 aromatic heterocycles. The Morgan fingerprint density at radius 3 is 2.33 bits per heavy atom. The second-order valence-electron chi connectivity index (χ2n) is 6.20. The first-order chi connectivity index (χ1) is 11.8. The molecule has 24 heavy (non-hydrogen) atoms. The van der Waals surface area contributed by atoms with Crippen molar-refractivity contribution in [1.82, 2.24) is 9.38 Å². The van der Waals surface area contributed by atoms with E-state index in [1.54, 1.807) is 0 Å². The molecule has 0 saturated heterocycles. The summed E-state index contributed by atoms with van der Waals surface area (Å²) in [5.74, 6) is 0. The van der Waals surface area contributed by atoms with Crippen molar-refractivity contribution in [2.75, 3.05) is 0 Å². The highest BCUT2D eigenvalue weighted by atomic mass is 15.0. The molecule has 5 aromatic rings. The molecule has 0 aliphatic rings. The van der Waals surface area contributed by atoms with Gasteiger partial charge in [0.25, 0.3) is 0 Å². The molecule has 0 N–H and O–H groups in total. The van der Waals surface area contributed by atoms with Crippen molar-refractivity contribution >= 4 is 27.3 Å². The third kappa shape index (κ3) is 1.80. The van der Waals surface area contributed by atoms with Gasteiger partial charge in [0.2, 0.25) is 0 Å². The van der Waals surface area contributed by atoms with Crippen LogP contribution in [0.3, 0.4) is 0 Å². The molecule has 0 spiro atoms. The summed E-state index contributed by atoms with van der Waals surface area (Å²) in [5, 5.41) is 3.77. The van der Waals surface area contributed by atoms with E-state index < -0.39 is 0 Å². The monoisotopic (exact) mass is 308 g/mol. The van der Waals surface area contributed by atoms with Gasteiger partial charge < -0.3 is 0 Å². The van der Waals surface area contributed by atoms with Gasteiger partial charge in [0, 0.05) is 22.5 Å². The molecule has 0 radical (unpaired) electrons. The van der Waals surface area contributed by atoms with Crippen LogP contribution in [0.25, 0.3) is 38.6 Å². The molecule has 2 heterocycles. The quantitative estimate of drug-likeness (QED) is 0.368. The van der Waals surface area contributed by atoms with Crippen LogP contribution >= 0.6 is 0 Å². The topological polar surface area (TPSA) is 17.3 Å². The van der Waals surface area contributed by atoms with Crippen LogP contribution in [0.4, 0.5) is 0 Å². The molecule has 0 bridgehead atoms. The van der Waals surface area contributed by atoms with Gasteiger partial charge in [-0.1, -0.05) is 66.7 Å². The van der Waals surface area contributed by atoms with E-state index in [9.17, 15) is 0 Å². The fourth-order valence-electron chi connectivity index (χ4n) is 3.60. The molecule has 0 atom stereocenters. The normalized spacial score (nSPS) is 11.5. The number of pyridine rings is 1. The molecule has 0 fully saturated rings. The zero-order valence-electron chi connectivity index (χ0n) is 13.4. The van der Waals surface area contributed by atoms with Gasteiger partial charge in [0.05, 0.1) is 11.2 Å². The van der Waals surface area contributed by atoms with Crippen molar-refractivity contribution in [3.8, 4) is 11.3 Å². The van der Waals surface area contributed by atoms with Gasteiger partial charge >= 0.3 is 0 Å². The van der Waals surface area contributed by atoms with Gasteiger partial charge in [-0.3, -0.25) is 4.40 Å². The van der Waals surface area contributed by atoms with Crippen molar-refractivity contribution < 1.29 is 0 Å². The summed E-state index contributed by atoms with van der Waals surface area (Å²) in [7, 11) is 0. The largest absolute Gasteiger partial charge is 0.298 e. The maximum Gasteiger partial charge on any atom is 0.145 e. The highest BCUT2D eigenvalue weighted by Gasteiger charge is 2.13. The maximum atomic E-state index is 4.95. The first-order valence-corrected chi connectivity index (χ1v) is 8.17. The molecular formula is C22H16N2. The average Bonchev–Trinajstić information content (AvgIpc) is 3.08. The van der Waals surface area contributed by atoms with Gasteiger partial charge in [-0.2, -0.15) is 0 Å². The van der Waals surface area contributed by atoms with E-state index >= 15 is 0 Å². The summed E-state index contributed by atoms with van der Waals surface area (Å²) in [6.45, 7) is 2.18. The molecule has 0 aliphatic heterocycles. The summed E-state index contributed by atoms with van der Waals surface area (Å²) < 4.78 is 2.23. The van der Waals surface area contributed by atoms with Crippen LogP contribution in [0.1, 0.15) is 5.56 Å². The second-order valence-corrected chi connectivity index (χ2v) is 6.20. The fourth-order valence-corrected chi connectivity index (χ4v) is 3.60. The molecular weight excluding hydrogens is 292 g/mol. The minimum absolute atomic E-state index is 1.01. The van der Waals surface area contributed by atoms with Gasteiger partial charge in [0.1, 0.15) is 5.65 Å². The minimum atomic E-state index is 1.01. The third-order valence-corrected chi connectivity index (χ3v) is 4.72. The summed E-state index contributed by atoms with van der Waals surface area (Å²) in [6, 6.07) is 25.4. The van der Waals surface area contributed by atoms with Crippen LogP contribution in [0.2, 0.25) is 0 Å². The van der Waals surface area contributed by atoms with Crippen molar-refractivity contribution in [2.24, 2.45) is 0 Å². The number of aryl methyl sites for hydroxylation is 1. The summed E-state index contributed by atoms with van der Waals surface area (Å²) in [5.41, 5.74) is 5.67. The zero-order valence-corrected chi connectivity index (χ0v) is 13.4. The Hall–Kier alpha value is -3.13. The highest BCUT2D eigenvalue weighted by molar-refractivity contribution is 6.13. The predicted octanol–water partition coefficient (Wildman–Crippen LogP) is 5.62. The third-order valence-electron chi connectivity index (χ3n) is 4.72. The number of nitrogens with zero attached hydrogens (tertiary/aromatic N) is 2. The summed E-state index contributed by atoms with van der Waals surface area (Å²) in [6.07, 6.45) is 2.15. The summed E-state index contributed by atoms with van der Waals surface area (Å²) in [4.78, 5) is 4.95.